The van der Waals surface area contributed by atoms with Gasteiger partial charge in [0.2, 0.25) is 5.91 Å². The fraction of sp³-hybridized carbons (Fsp3) is 0.250. The summed E-state index contributed by atoms with van der Waals surface area (Å²) >= 11 is 1.43. The van der Waals surface area contributed by atoms with Gasteiger partial charge in [0.1, 0.15) is 0 Å². The molecule has 0 N–H and O–H groups in total. The number of amides is 1. The Hall–Kier alpha value is -3.32. The number of thiazole rings is 1. The molecule has 1 aliphatic rings. The predicted molar refractivity (Wildman–Crippen MR) is 119 cm³/mol. The summed E-state index contributed by atoms with van der Waals surface area (Å²) in [6.07, 6.45) is 0.0524. The van der Waals surface area contributed by atoms with Crippen molar-refractivity contribution < 1.29 is 19.1 Å². The predicted octanol–water partition coefficient (Wildman–Crippen LogP) is 4.21. The largest absolute Gasteiger partial charge is 0.457 e. The van der Waals surface area contributed by atoms with Crippen LogP contribution in [0.25, 0.3) is 11.3 Å². The SMILES string of the molecule is Cc1ccc(-c2nc(N3CC(C(=O)OCC(=O)c4ccccc4)CC3=O)sc2C)cc1. The van der Waals surface area contributed by atoms with Crippen molar-refractivity contribution in [1.29, 1.82) is 0 Å². The third kappa shape index (κ3) is 4.56. The van der Waals surface area contributed by atoms with Gasteiger partial charge in [0.05, 0.1) is 11.6 Å². The molecule has 1 aromatic heterocycles. The third-order valence-corrected chi connectivity index (χ3v) is 6.23. The number of nitrogens with zero attached hydrogens (tertiary/aromatic N) is 2. The lowest BCUT2D eigenvalue weighted by molar-refractivity contribution is -0.147. The molecule has 1 atom stereocenters. The Labute approximate surface area is 184 Å². The molecule has 3 aromatic rings. The number of rotatable bonds is 6. The molecule has 1 aliphatic heterocycles. The Balaban J connectivity index is 1.41. The zero-order valence-electron chi connectivity index (χ0n) is 17.3. The van der Waals surface area contributed by atoms with Gasteiger partial charge < -0.3 is 4.74 Å². The number of aromatic nitrogens is 1. The average molecular weight is 435 g/mol. The van der Waals surface area contributed by atoms with Crippen LogP contribution in [0.3, 0.4) is 0 Å². The highest BCUT2D eigenvalue weighted by Gasteiger charge is 2.38. The Morgan fingerprint density at radius 1 is 1.10 bits per heavy atom. The third-order valence-electron chi connectivity index (χ3n) is 5.24. The van der Waals surface area contributed by atoms with Gasteiger partial charge in [-0.1, -0.05) is 60.2 Å². The molecule has 31 heavy (non-hydrogen) atoms. The number of hydrogen-bond donors (Lipinski definition) is 0. The van der Waals surface area contributed by atoms with Gasteiger partial charge in [0.25, 0.3) is 0 Å². The first-order valence-electron chi connectivity index (χ1n) is 10.0. The minimum Gasteiger partial charge on any atom is -0.457 e. The molecular formula is C24H22N2O4S. The van der Waals surface area contributed by atoms with Crippen molar-refractivity contribution in [3.63, 3.8) is 0 Å². The second-order valence-electron chi connectivity index (χ2n) is 7.57. The molecule has 0 radical (unpaired) electrons. The minimum atomic E-state index is -0.608. The zero-order chi connectivity index (χ0) is 22.0. The van der Waals surface area contributed by atoms with Gasteiger partial charge in [-0.25, -0.2) is 4.98 Å². The average Bonchev–Trinajstić information content (AvgIpc) is 3.35. The summed E-state index contributed by atoms with van der Waals surface area (Å²) in [7, 11) is 0. The van der Waals surface area contributed by atoms with Crippen LogP contribution in [0.2, 0.25) is 0 Å². The quantitative estimate of drug-likeness (QED) is 0.429. The molecule has 2 aromatic carbocycles. The van der Waals surface area contributed by atoms with Crippen LogP contribution in [-0.2, 0) is 14.3 Å². The number of aryl methyl sites for hydroxylation is 2. The van der Waals surface area contributed by atoms with Crippen LogP contribution in [-0.4, -0.2) is 35.8 Å². The molecule has 0 aliphatic carbocycles. The normalized spacial score (nSPS) is 15.9. The molecule has 1 amide bonds. The summed E-state index contributed by atoms with van der Waals surface area (Å²) < 4.78 is 5.20. The van der Waals surface area contributed by atoms with E-state index in [1.54, 1.807) is 29.2 Å². The van der Waals surface area contributed by atoms with E-state index in [0.717, 1.165) is 16.1 Å². The first kappa shape index (κ1) is 20.9. The number of ketones is 1. The van der Waals surface area contributed by atoms with Crippen molar-refractivity contribution in [3.05, 3.63) is 70.6 Å². The van der Waals surface area contributed by atoms with Crippen molar-refractivity contribution >= 4 is 34.1 Å². The number of Topliss-reactive ketones (excluding diaryl/α,β-unsaturated/α-hetero) is 1. The van der Waals surface area contributed by atoms with E-state index < -0.39 is 11.9 Å². The van der Waals surface area contributed by atoms with Crippen LogP contribution in [0.15, 0.2) is 54.6 Å². The van der Waals surface area contributed by atoms with E-state index in [0.29, 0.717) is 10.7 Å². The molecule has 1 fully saturated rings. The van der Waals surface area contributed by atoms with Gasteiger partial charge in [-0.2, -0.15) is 0 Å². The number of carbonyl (C=O) groups excluding carboxylic acids is 3. The Morgan fingerprint density at radius 2 is 1.81 bits per heavy atom. The highest BCUT2D eigenvalue weighted by Crippen LogP contribution is 2.35. The van der Waals surface area contributed by atoms with E-state index in [4.69, 9.17) is 4.74 Å². The Kier molecular flexibility index (Phi) is 5.95. The van der Waals surface area contributed by atoms with Crippen LogP contribution in [0.5, 0.6) is 0 Å². The van der Waals surface area contributed by atoms with E-state index in [1.807, 2.05) is 44.2 Å². The maximum atomic E-state index is 12.6. The minimum absolute atomic E-state index is 0.0524. The van der Waals surface area contributed by atoms with Crippen molar-refractivity contribution in [2.45, 2.75) is 20.3 Å². The maximum absolute atomic E-state index is 12.6. The van der Waals surface area contributed by atoms with Gasteiger partial charge in [-0.3, -0.25) is 19.3 Å². The molecule has 1 unspecified atom stereocenters. The van der Waals surface area contributed by atoms with Crippen molar-refractivity contribution in [2.24, 2.45) is 5.92 Å². The summed E-state index contributed by atoms with van der Waals surface area (Å²) in [5.41, 5.74) is 3.49. The van der Waals surface area contributed by atoms with Crippen LogP contribution in [0.1, 0.15) is 27.2 Å². The van der Waals surface area contributed by atoms with E-state index in [1.165, 1.54) is 16.9 Å². The number of esters is 1. The second kappa shape index (κ2) is 8.81. The molecule has 4 rings (SSSR count). The second-order valence-corrected chi connectivity index (χ2v) is 8.75. The number of benzene rings is 2. The summed E-state index contributed by atoms with van der Waals surface area (Å²) in [6.45, 7) is 3.87. The molecule has 0 saturated carbocycles. The number of carbonyl (C=O) groups is 3. The smallest absolute Gasteiger partial charge is 0.311 e. The Morgan fingerprint density at radius 3 is 2.52 bits per heavy atom. The molecule has 1 saturated heterocycles. The van der Waals surface area contributed by atoms with Crippen LogP contribution in [0.4, 0.5) is 5.13 Å². The lowest BCUT2D eigenvalue weighted by Gasteiger charge is -2.12. The van der Waals surface area contributed by atoms with Crippen molar-refractivity contribution in [2.75, 3.05) is 18.1 Å². The standard InChI is InChI=1S/C24H22N2O4S/c1-15-8-10-18(11-9-15)22-16(2)31-24(25-22)26-13-19(12-21(26)28)23(29)30-14-20(27)17-6-4-3-5-7-17/h3-11,19H,12-14H2,1-2H3. The van der Waals surface area contributed by atoms with Crippen LogP contribution in [0, 0.1) is 19.8 Å². The van der Waals surface area contributed by atoms with Gasteiger partial charge in [-0.05, 0) is 13.8 Å². The van der Waals surface area contributed by atoms with E-state index >= 15 is 0 Å². The van der Waals surface area contributed by atoms with E-state index in [2.05, 4.69) is 4.98 Å². The highest BCUT2D eigenvalue weighted by atomic mass is 32.1. The monoisotopic (exact) mass is 434 g/mol. The topological polar surface area (TPSA) is 76.6 Å². The van der Waals surface area contributed by atoms with Crippen molar-refractivity contribution in [1.82, 2.24) is 4.98 Å². The van der Waals surface area contributed by atoms with E-state index in [9.17, 15) is 14.4 Å². The maximum Gasteiger partial charge on any atom is 0.311 e. The van der Waals surface area contributed by atoms with Gasteiger partial charge in [0.15, 0.2) is 17.5 Å². The van der Waals surface area contributed by atoms with E-state index in [-0.39, 0.29) is 31.3 Å². The zero-order valence-corrected chi connectivity index (χ0v) is 18.1. The number of hydrogen-bond acceptors (Lipinski definition) is 6. The lowest BCUT2D eigenvalue weighted by atomic mass is 10.1. The molecule has 6 nitrogen and oxygen atoms in total. The fourth-order valence-electron chi connectivity index (χ4n) is 3.49. The van der Waals surface area contributed by atoms with Crippen molar-refractivity contribution in [3.8, 4) is 11.3 Å². The summed E-state index contributed by atoms with van der Waals surface area (Å²) in [5.74, 6) is -1.58. The molecule has 158 valence electrons. The molecule has 2 heterocycles. The van der Waals surface area contributed by atoms with Crippen LogP contribution >= 0.6 is 11.3 Å². The van der Waals surface area contributed by atoms with Gasteiger partial charge in [0, 0.05) is 29.0 Å². The summed E-state index contributed by atoms with van der Waals surface area (Å²) in [5, 5.41) is 0.578. The molecular weight excluding hydrogens is 412 g/mol. The first-order chi connectivity index (χ1) is 14.9. The first-order valence-corrected chi connectivity index (χ1v) is 10.8. The number of ether oxygens (including phenoxy) is 1. The fourth-order valence-corrected chi connectivity index (χ4v) is 4.45. The molecule has 0 bridgehead atoms. The molecule has 7 heteroatoms. The van der Waals surface area contributed by atoms with Crippen LogP contribution < -0.4 is 4.90 Å². The van der Waals surface area contributed by atoms with Gasteiger partial charge in [-0.15, -0.1) is 11.3 Å². The Bertz CT molecular complexity index is 1120. The number of anilines is 1. The van der Waals surface area contributed by atoms with Gasteiger partial charge >= 0.3 is 5.97 Å². The summed E-state index contributed by atoms with van der Waals surface area (Å²) in [6, 6.07) is 16.7. The lowest BCUT2D eigenvalue weighted by Crippen LogP contribution is -2.27. The highest BCUT2D eigenvalue weighted by molar-refractivity contribution is 7.16. The molecule has 0 spiro atoms. The summed E-state index contributed by atoms with van der Waals surface area (Å²) in [4.78, 5) is 44.4.